The maximum absolute atomic E-state index is 11.4. The average Bonchev–Trinajstić information content (AvgIpc) is 2.57. The highest BCUT2D eigenvalue weighted by Crippen LogP contribution is 2.14. The summed E-state index contributed by atoms with van der Waals surface area (Å²) in [6, 6.07) is 0. The SMILES string of the molecule is C=CC(=O)ON(COC)c1nc(NCOC)nc(NCOC)n1. The van der Waals surface area contributed by atoms with Crippen LogP contribution in [0.5, 0.6) is 0 Å². The first-order chi connectivity index (χ1) is 11.1. The molecular formula is C12H20N6O5. The molecule has 1 heterocycles. The molecule has 1 aromatic heterocycles. The van der Waals surface area contributed by atoms with E-state index in [-0.39, 0.29) is 38.0 Å². The minimum absolute atomic E-state index is 0.0502. The zero-order valence-corrected chi connectivity index (χ0v) is 13.2. The van der Waals surface area contributed by atoms with Gasteiger partial charge in [0, 0.05) is 27.4 Å². The molecule has 0 spiro atoms. The molecule has 0 aliphatic carbocycles. The van der Waals surface area contributed by atoms with Gasteiger partial charge >= 0.3 is 5.97 Å². The molecule has 11 heteroatoms. The van der Waals surface area contributed by atoms with Crippen molar-refractivity contribution in [1.82, 2.24) is 15.0 Å². The fourth-order valence-electron chi connectivity index (χ4n) is 1.30. The number of carbonyl (C=O) groups is 1. The van der Waals surface area contributed by atoms with Gasteiger partial charge in [0.2, 0.25) is 11.9 Å². The number of methoxy groups -OCH3 is 3. The van der Waals surface area contributed by atoms with E-state index in [1.807, 2.05) is 0 Å². The maximum atomic E-state index is 11.4. The number of rotatable bonds is 11. The lowest BCUT2D eigenvalue weighted by atomic mass is 10.7. The molecule has 0 aliphatic heterocycles. The van der Waals surface area contributed by atoms with E-state index in [1.165, 1.54) is 21.3 Å². The van der Waals surface area contributed by atoms with Crippen molar-refractivity contribution >= 4 is 23.8 Å². The van der Waals surface area contributed by atoms with Gasteiger partial charge in [-0.1, -0.05) is 6.58 Å². The highest BCUT2D eigenvalue weighted by molar-refractivity contribution is 5.81. The highest BCUT2D eigenvalue weighted by Gasteiger charge is 2.17. The largest absolute Gasteiger partial charge is 0.364 e. The van der Waals surface area contributed by atoms with Crippen molar-refractivity contribution in [2.24, 2.45) is 0 Å². The number of hydrogen-bond donors (Lipinski definition) is 2. The van der Waals surface area contributed by atoms with Gasteiger partial charge in [-0.15, -0.1) is 5.06 Å². The van der Waals surface area contributed by atoms with Gasteiger partial charge in [0.05, 0.1) is 0 Å². The first-order valence-corrected chi connectivity index (χ1v) is 6.47. The smallest absolute Gasteiger partial charge is 0.355 e. The molecular weight excluding hydrogens is 308 g/mol. The van der Waals surface area contributed by atoms with Gasteiger partial charge < -0.3 is 29.7 Å². The summed E-state index contributed by atoms with van der Waals surface area (Å²) in [5, 5.41) is 6.70. The number of hydroxylamine groups is 1. The molecule has 0 fully saturated rings. The summed E-state index contributed by atoms with van der Waals surface area (Å²) in [4.78, 5) is 28.8. The Morgan fingerprint density at radius 3 is 2.09 bits per heavy atom. The molecule has 1 aromatic rings. The van der Waals surface area contributed by atoms with Crippen LogP contribution in [0.3, 0.4) is 0 Å². The lowest BCUT2D eigenvalue weighted by Gasteiger charge is -2.20. The molecule has 0 unspecified atom stereocenters. The van der Waals surface area contributed by atoms with E-state index in [9.17, 15) is 4.79 Å². The number of anilines is 3. The van der Waals surface area contributed by atoms with Crippen LogP contribution in [0.25, 0.3) is 0 Å². The van der Waals surface area contributed by atoms with E-state index >= 15 is 0 Å². The summed E-state index contributed by atoms with van der Waals surface area (Å²) in [6.45, 7) is 3.61. The van der Waals surface area contributed by atoms with Crippen LogP contribution in [-0.2, 0) is 23.8 Å². The second kappa shape index (κ2) is 10.3. The topological polar surface area (TPSA) is 120 Å². The molecule has 11 nitrogen and oxygen atoms in total. The van der Waals surface area contributed by atoms with Crippen LogP contribution in [0.15, 0.2) is 12.7 Å². The summed E-state index contributed by atoms with van der Waals surface area (Å²) >= 11 is 0. The van der Waals surface area contributed by atoms with Gasteiger partial charge in [0.15, 0.2) is 6.73 Å². The Hall–Kier alpha value is -2.50. The molecule has 0 saturated heterocycles. The molecule has 2 N–H and O–H groups in total. The number of hydrogen-bond acceptors (Lipinski definition) is 11. The van der Waals surface area contributed by atoms with E-state index in [0.29, 0.717) is 0 Å². The summed E-state index contributed by atoms with van der Waals surface area (Å²) in [6.07, 6.45) is 1.01. The number of nitrogens with zero attached hydrogens (tertiary/aromatic N) is 4. The van der Waals surface area contributed by atoms with Gasteiger partial charge in [0.25, 0.3) is 5.95 Å². The minimum atomic E-state index is -0.680. The molecule has 0 radical (unpaired) electrons. The van der Waals surface area contributed by atoms with Crippen molar-refractivity contribution in [2.75, 3.05) is 57.2 Å². The Balaban J connectivity index is 3.06. The van der Waals surface area contributed by atoms with E-state index in [0.717, 1.165) is 11.1 Å². The predicted molar refractivity (Wildman–Crippen MR) is 81.5 cm³/mol. The van der Waals surface area contributed by atoms with E-state index in [1.54, 1.807) is 0 Å². The average molecular weight is 328 g/mol. The summed E-state index contributed by atoms with van der Waals surface area (Å²) in [5.74, 6) is -0.202. The van der Waals surface area contributed by atoms with Crippen molar-refractivity contribution in [3.63, 3.8) is 0 Å². The fraction of sp³-hybridized carbons (Fsp3) is 0.500. The molecule has 128 valence electrons. The molecule has 0 aromatic carbocycles. The summed E-state index contributed by atoms with van der Waals surface area (Å²) < 4.78 is 14.8. The van der Waals surface area contributed by atoms with Gasteiger partial charge in [-0.25, -0.2) is 4.79 Å². The third-order valence-corrected chi connectivity index (χ3v) is 2.21. The third-order valence-electron chi connectivity index (χ3n) is 2.21. The first-order valence-electron chi connectivity index (χ1n) is 6.47. The Morgan fingerprint density at radius 1 is 1.09 bits per heavy atom. The Labute approximate surface area is 133 Å². The van der Waals surface area contributed by atoms with Gasteiger partial charge in [-0.05, 0) is 0 Å². The second-order valence-electron chi connectivity index (χ2n) is 3.91. The Kier molecular flexibility index (Phi) is 8.28. The standard InChI is InChI=1S/C12H20N6O5/c1-5-9(19)23-18(8-22-4)12-16-10(13-6-20-2)15-11(17-12)14-7-21-3/h5H,1,6-8H2,2-4H3,(H2,13,14,15,16,17). The van der Waals surface area contributed by atoms with Gasteiger partial charge in [0.1, 0.15) is 13.5 Å². The van der Waals surface area contributed by atoms with Crippen LogP contribution in [0.1, 0.15) is 0 Å². The molecule has 0 amide bonds. The van der Waals surface area contributed by atoms with Crippen molar-refractivity contribution in [3.05, 3.63) is 12.7 Å². The van der Waals surface area contributed by atoms with Crippen molar-refractivity contribution in [1.29, 1.82) is 0 Å². The molecule has 0 atom stereocenters. The summed E-state index contributed by atoms with van der Waals surface area (Å²) in [7, 11) is 4.47. The van der Waals surface area contributed by atoms with Crippen molar-refractivity contribution in [3.8, 4) is 0 Å². The third kappa shape index (κ3) is 6.42. The monoisotopic (exact) mass is 328 g/mol. The van der Waals surface area contributed by atoms with Crippen LogP contribution in [0.2, 0.25) is 0 Å². The minimum Gasteiger partial charge on any atom is -0.364 e. The number of carbonyl (C=O) groups excluding carboxylic acids is 1. The van der Waals surface area contributed by atoms with E-state index in [2.05, 4.69) is 32.2 Å². The lowest BCUT2D eigenvalue weighted by molar-refractivity contribution is -0.141. The Bertz CT molecular complexity index is 488. The highest BCUT2D eigenvalue weighted by atomic mass is 16.7. The molecule has 0 saturated carbocycles. The first kappa shape index (κ1) is 18.5. The van der Waals surface area contributed by atoms with Crippen LogP contribution >= 0.6 is 0 Å². The van der Waals surface area contributed by atoms with Crippen LogP contribution in [-0.4, -0.2) is 62.4 Å². The quantitative estimate of drug-likeness (QED) is 0.323. The van der Waals surface area contributed by atoms with Gasteiger partial charge in [-0.3, -0.25) is 0 Å². The maximum Gasteiger partial charge on any atom is 0.355 e. The van der Waals surface area contributed by atoms with Crippen molar-refractivity contribution in [2.45, 2.75) is 0 Å². The summed E-state index contributed by atoms with van der Waals surface area (Å²) in [5.41, 5.74) is 0. The normalized spacial score (nSPS) is 10.0. The number of nitrogens with one attached hydrogen (secondary N) is 2. The Morgan fingerprint density at radius 2 is 1.65 bits per heavy atom. The molecule has 23 heavy (non-hydrogen) atoms. The van der Waals surface area contributed by atoms with Crippen LogP contribution in [0.4, 0.5) is 17.8 Å². The van der Waals surface area contributed by atoms with Gasteiger partial charge in [-0.2, -0.15) is 15.0 Å². The van der Waals surface area contributed by atoms with E-state index < -0.39 is 5.97 Å². The predicted octanol–water partition coefficient (Wildman–Crippen LogP) is -0.0423. The second-order valence-corrected chi connectivity index (χ2v) is 3.91. The number of ether oxygens (including phenoxy) is 3. The molecule has 1 rings (SSSR count). The zero-order valence-electron chi connectivity index (χ0n) is 13.2. The molecule has 0 aliphatic rings. The lowest BCUT2D eigenvalue weighted by Crippen LogP contribution is -2.31. The fourth-order valence-corrected chi connectivity index (χ4v) is 1.30. The van der Waals surface area contributed by atoms with E-state index in [4.69, 9.17) is 19.0 Å². The van der Waals surface area contributed by atoms with Crippen molar-refractivity contribution < 1.29 is 23.8 Å². The molecule has 0 bridgehead atoms. The van der Waals surface area contributed by atoms with Crippen LogP contribution in [0, 0.1) is 0 Å². The zero-order chi connectivity index (χ0) is 17.1. The number of aromatic nitrogens is 3. The van der Waals surface area contributed by atoms with Crippen LogP contribution < -0.4 is 15.7 Å².